The third-order valence-corrected chi connectivity index (χ3v) is 5.15. The van der Waals surface area contributed by atoms with Crippen molar-refractivity contribution in [1.29, 1.82) is 0 Å². The average molecular weight is 371 g/mol. The Bertz CT molecular complexity index is 925. The molecule has 0 aliphatic carbocycles. The summed E-state index contributed by atoms with van der Waals surface area (Å²) in [5.41, 5.74) is 3.24. The maximum atomic E-state index is 12.5. The van der Waals surface area contributed by atoms with Gasteiger partial charge in [0.2, 0.25) is 0 Å². The van der Waals surface area contributed by atoms with Gasteiger partial charge in [0.25, 0.3) is 5.91 Å². The zero-order valence-corrected chi connectivity index (χ0v) is 15.2. The second kappa shape index (κ2) is 6.96. The lowest BCUT2D eigenvalue weighted by molar-refractivity contribution is 0.0701. The molecule has 1 fully saturated rings. The number of aryl methyl sites for hydroxylation is 1. The monoisotopic (exact) mass is 370 g/mol. The molecule has 0 spiro atoms. The molecule has 2 aromatic heterocycles. The Morgan fingerprint density at radius 1 is 1.27 bits per heavy atom. The fraction of sp³-hybridized carbons (Fsp3) is 0.316. The Kier molecular flexibility index (Phi) is 4.51. The first-order valence-corrected chi connectivity index (χ1v) is 9.02. The van der Waals surface area contributed by atoms with Gasteiger partial charge in [0.1, 0.15) is 5.76 Å². The van der Waals surface area contributed by atoms with Gasteiger partial charge in [0.15, 0.2) is 5.69 Å². The van der Waals surface area contributed by atoms with E-state index in [1.165, 1.54) is 0 Å². The van der Waals surface area contributed by atoms with Crippen LogP contribution in [-0.2, 0) is 0 Å². The van der Waals surface area contributed by atoms with Gasteiger partial charge in [-0.25, -0.2) is 0 Å². The predicted molar refractivity (Wildman–Crippen MR) is 98.2 cm³/mol. The Balaban J connectivity index is 1.42. The lowest BCUT2D eigenvalue weighted by atomic mass is 9.93. The summed E-state index contributed by atoms with van der Waals surface area (Å²) >= 11 is 6.26. The Hall–Kier alpha value is -2.60. The third-order valence-electron chi connectivity index (χ3n) is 4.82. The summed E-state index contributed by atoms with van der Waals surface area (Å²) in [4.78, 5) is 14.3. The van der Waals surface area contributed by atoms with Crippen LogP contribution in [0.3, 0.4) is 0 Å². The van der Waals surface area contributed by atoms with E-state index in [1.807, 2.05) is 29.2 Å². The minimum Gasteiger partial charge on any atom is -0.361 e. The first-order chi connectivity index (χ1) is 12.6. The zero-order chi connectivity index (χ0) is 18.1. The number of benzene rings is 1. The maximum Gasteiger partial charge on any atom is 0.276 e. The van der Waals surface area contributed by atoms with Crippen LogP contribution in [0, 0.1) is 6.92 Å². The normalized spacial score (nSPS) is 15.4. The first kappa shape index (κ1) is 16.8. The van der Waals surface area contributed by atoms with E-state index in [1.54, 1.807) is 13.0 Å². The van der Waals surface area contributed by atoms with E-state index in [0.717, 1.165) is 29.8 Å². The van der Waals surface area contributed by atoms with Gasteiger partial charge in [0, 0.05) is 36.3 Å². The molecule has 1 aliphatic rings. The molecule has 6 nitrogen and oxygen atoms in total. The smallest absolute Gasteiger partial charge is 0.276 e. The first-order valence-electron chi connectivity index (χ1n) is 8.64. The Morgan fingerprint density at radius 2 is 2.04 bits per heavy atom. The largest absolute Gasteiger partial charge is 0.361 e. The number of amides is 1. The highest BCUT2D eigenvalue weighted by molar-refractivity contribution is 6.33. The molecule has 1 aliphatic heterocycles. The fourth-order valence-electron chi connectivity index (χ4n) is 3.38. The molecule has 0 atom stereocenters. The van der Waals surface area contributed by atoms with Crippen LogP contribution in [0.2, 0.25) is 5.02 Å². The van der Waals surface area contributed by atoms with E-state index >= 15 is 0 Å². The van der Waals surface area contributed by atoms with Crippen LogP contribution in [0.5, 0.6) is 0 Å². The Labute approximate surface area is 156 Å². The molecule has 3 aromatic rings. The molecule has 0 saturated carbocycles. The quantitative estimate of drug-likeness (QED) is 0.754. The number of aromatic nitrogens is 3. The molecule has 0 unspecified atom stereocenters. The van der Waals surface area contributed by atoms with Gasteiger partial charge in [-0.1, -0.05) is 35.0 Å². The van der Waals surface area contributed by atoms with Gasteiger partial charge >= 0.3 is 0 Å². The van der Waals surface area contributed by atoms with Crippen LogP contribution in [0.25, 0.3) is 11.3 Å². The molecule has 134 valence electrons. The van der Waals surface area contributed by atoms with Gasteiger partial charge < -0.3 is 9.42 Å². The van der Waals surface area contributed by atoms with Crippen molar-refractivity contribution in [3.8, 4) is 11.3 Å². The summed E-state index contributed by atoms with van der Waals surface area (Å²) in [6.45, 7) is 3.16. The average Bonchev–Trinajstić information content (AvgIpc) is 3.31. The fourth-order valence-corrected chi connectivity index (χ4v) is 3.61. The molecular formula is C19H19ClN4O2. The van der Waals surface area contributed by atoms with Crippen molar-refractivity contribution in [2.75, 3.05) is 13.1 Å². The summed E-state index contributed by atoms with van der Waals surface area (Å²) in [6.07, 6.45) is 1.76. The van der Waals surface area contributed by atoms with Gasteiger partial charge in [-0.05, 0) is 31.9 Å². The molecule has 3 heterocycles. The number of nitrogens with one attached hydrogen (secondary N) is 1. The second-order valence-corrected chi connectivity index (χ2v) is 6.98. The van der Waals surface area contributed by atoms with Crippen molar-refractivity contribution in [2.24, 2.45) is 0 Å². The molecule has 0 radical (unpaired) electrons. The standard InChI is InChI=1S/C19H19ClN4O2/c1-12-10-18(23-26-12)19(25)24-8-6-13(7-9-24)16-11-17(22-21-16)14-4-2-3-5-15(14)20/h2-5,10-11,13H,6-9H2,1H3,(H,21,22). The topological polar surface area (TPSA) is 75.0 Å². The number of nitrogens with zero attached hydrogens (tertiary/aromatic N) is 3. The minimum atomic E-state index is -0.0679. The van der Waals surface area contributed by atoms with Crippen molar-refractivity contribution >= 4 is 17.5 Å². The summed E-state index contributed by atoms with van der Waals surface area (Å²) in [5.74, 6) is 0.927. The maximum absolute atomic E-state index is 12.5. The summed E-state index contributed by atoms with van der Waals surface area (Å²) in [6, 6.07) is 11.4. The zero-order valence-electron chi connectivity index (χ0n) is 14.4. The number of carbonyl (C=O) groups is 1. The number of hydrogen-bond donors (Lipinski definition) is 1. The number of H-pyrrole nitrogens is 1. The highest BCUT2D eigenvalue weighted by Crippen LogP contribution is 2.32. The molecule has 1 amide bonds. The molecular weight excluding hydrogens is 352 g/mol. The number of aromatic amines is 1. The lowest BCUT2D eigenvalue weighted by Gasteiger charge is -2.30. The van der Waals surface area contributed by atoms with E-state index < -0.39 is 0 Å². The van der Waals surface area contributed by atoms with Gasteiger partial charge in [-0.15, -0.1) is 0 Å². The molecule has 1 saturated heterocycles. The van der Waals surface area contributed by atoms with Crippen molar-refractivity contribution < 1.29 is 9.32 Å². The number of hydrogen-bond acceptors (Lipinski definition) is 4. The lowest BCUT2D eigenvalue weighted by Crippen LogP contribution is -2.38. The van der Waals surface area contributed by atoms with E-state index in [9.17, 15) is 4.79 Å². The third kappa shape index (κ3) is 3.24. The highest BCUT2D eigenvalue weighted by atomic mass is 35.5. The molecule has 7 heteroatoms. The number of halogens is 1. The second-order valence-electron chi connectivity index (χ2n) is 6.58. The van der Waals surface area contributed by atoms with Gasteiger partial charge in [-0.3, -0.25) is 9.89 Å². The number of piperidine rings is 1. The number of likely N-dealkylation sites (tertiary alicyclic amines) is 1. The van der Waals surface area contributed by atoms with Crippen LogP contribution < -0.4 is 0 Å². The number of carbonyl (C=O) groups excluding carboxylic acids is 1. The molecule has 26 heavy (non-hydrogen) atoms. The van der Waals surface area contributed by atoms with Crippen molar-refractivity contribution in [1.82, 2.24) is 20.3 Å². The summed E-state index contributed by atoms with van der Waals surface area (Å²) in [5, 5.41) is 12.1. The van der Waals surface area contributed by atoms with Crippen molar-refractivity contribution in [3.63, 3.8) is 0 Å². The predicted octanol–water partition coefficient (Wildman–Crippen LogP) is 4.05. The molecule has 1 aromatic carbocycles. The molecule has 0 bridgehead atoms. The Morgan fingerprint density at radius 3 is 2.73 bits per heavy atom. The van der Waals surface area contributed by atoms with E-state index in [2.05, 4.69) is 21.4 Å². The van der Waals surface area contributed by atoms with E-state index in [0.29, 0.717) is 35.5 Å². The van der Waals surface area contributed by atoms with Gasteiger partial charge in [-0.2, -0.15) is 5.10 Å². The van der Waals surface area contributed by atoms with Crippen LogP contribution >= 0.6 is 11.6 Å². The van der Waals surface area contributed by atoms with Crippen LogP contribution in [-0.4, -0.2) is 39.3 Å². The highest BCUT2D eigenvalue weighted by Gasteiger charge is 2.27. The van der Waals surface area contributed by atoms with Crippen LogP contribution in [0.15, 0.2) is 40.9 Å². The van der Waals surface area contributed by atoms with Crippen molar-refractivity contribution in [3.05, 3.63) is 58.6 Å². The van der Waals surface area contributed by atoms with Gasteiger partial charge in [0.05, 0.1) is 10.7 Å². The van der Waals surface area contributed by atoms with Crippen LogP contribution in [0.1, 0.15) is 40.7 Å². The SMILES string of the molecule is Cc1cc(C(=O)N2CCC(c3cc(-c4ccccc4Cl)n[nH]3)CC2)no1. The summed E-state index contributed by atoms with van der Waals surface area (Å²) < 4.78 is 5.00. The van der Waals surface area contributed by atoms with Crippen LogP contribution in [0.4, 0.5) is 0 Å². The molecule has 4 rings (SSSR count). The summed E-state index contributed by atoms with van der Waals surface area (Å²) in [7, 11) is 0. The van der Waals surface area contributed by atoms with Crippen molar-refractivity contribution in [2.45, 2.75) is 25.7 Å². The van der Waals surface area contributed by atoms with E-state index in [-0.39, 0.29) is 5.91 Å². The number of rotatable bonds is 3. The van der Waals surface area contributed by atoms with E-state index in [4.69, 9.17) is 16.1 Å². The molecule has 1 N–H and O–H groups in total. The minimum absolute atomic E-state index is 0.0679.